The Hall–Kier alpha value is -1.20. The van der Waals surface area contributed by atoms with Gasteiger partial charge in [0.2, 0.25) is 0 Å². The average molecular weight is 227 g/mol. The molecule has 0 aliphatic carbocycles. The van der Waals surface area contributed by atoms with Crippen LogP contribution in [0.1, 0.15) is 28.9 Å². The lowest BCUT2D eigenvalue weighted by Crippen LogP contribution is -2.29. The number of ketones is 1. The topological polar surface area (TPSA) is 80.4 Å². The zero-order chi connectivity index (χ0) is 11.3. The van der Waals surface area contributed by atoms with Crippen LogP contribution in [0.25, 0.3) is 0 Å². The summed E-state index contributed by atoms with van der Waals surface area (Å²) < 4.78 is 0. The summed E-state index contributed by atoms with van der Waals surface area (Å²) in [5.41, 5.74) is 5.31. The Morgan fingerprint density at radius 3 is 2.80 bits per heavy atom. The van der Waals surface area contributed by atoms with Crippen LogP contribution in [0.2, 0.25) is 0 Å². The highest BCUT2D eigenvalue weighted by molar-refractivity contribution is 7.12. The van der Waals surface area contributed by atoms with Gasteiger partial charge in [0.05, 0.1) is 4.88 Å². The summed E-state index contributed by atoms with van der Waals surface area (Å²) in [5, 5.41) is 10.4. The molecule has 1 rings (SSSR count). The van der Waals surface area contributed by atoms with Crippen molar-refractivity contribution in [2.24, 2.45) is 5.73 Å². The van der Waals surface area contributed by atoms with E-state index in [9.17, 15) is 9.59 Å². The summed E-state index contributed by atoms with van der Waals surface area (Å²) in [4.78, 5) is 22.6. The number of hydrogen-bond donors (Lipinski definition) is 2. The van der Waals surface area contributed by atoms with Gasteiger partial charge in [-0.3, -0.25) is 9.59 Å². The number of Topliss-reactive ketones (excluding diaryl/α,β-unsaturated/α-hetero) is 1. The predicted octanol–water partition coefficient (Wildman–Crippen LogP) is 1.51. The first-order valence-corrected chi connectivity index (χ1v) is 5.54. The normalized spacial score (nSPS) is 12.3. The van der Waals surface area contributed by atoms with E-state index in [0.29, 0.717) is 19.3 Å². The van der Waals surface area contributed by atoms with E-state index in [-0.39, 0.29) is 5.78 Å². The fourth-order valence-electron chi connectivity index (χ4n) is 1.17. The van der Waals surface area contributed by atoms with Gasteiger partial charge < -0.3 is 10.8 Å². The molecule has 0 amide bonds. The second kappa shape index (κ2) is 5.63. The van der Waals surface area contributed by atoms with Crippen LogP contribution >= 0.6 is 11.3 Å². The minimum atomic E-state index is -1.02. The minimum Gasteiger partial charge on any atom is -0.480 e. The zero-order valence-electron chi connectivity index (χ0n) is 8.18. The molecule has 0 aliphatic heterocycles. The van der Waals surface area contributed by atoms with E-state index < -0.39 is 12.0 Å². The van der Waals surface area contributed by atoms with Gasteiger partial charge in [0, 0.05) is 6.42 Å². The highest BCUT2D eigenvalue weighted by Gasteiger charge is 2.12. The van der Waals surface area contributed by atoms with Gasteiger partial charge >= 0.3 is 5.97 Å². The van der Waals surface area contributed by atoms with Crippen LogP contribution in [-0.2, 0) is 4.79 Å². The Bertz CT molecular complexity index is 334. The average Bonchev–Trinajstić information content (AvgIpc) is 2.70. The SMILES string of the molecule is N[C@H](CCCC(=O)c1cccs1)C(=O)O. The molecule has 0 unspecified atom stereocenters. The quantitative estimate of drug-likeness (QED) is 0.722. The molecule has 0 fully saturated rings. The molecule has 0 bridgehead atoms. The van der Waals surface area contributed by atoms with Crippen LogP contribution in [0.15, 0.2) is 17.5 Å². The summed E-state index contributed by atoms with van der Waals surface area (Å²) >= 11 is 1.40. The second-order valence-electron chi connectivity index (χ2n) is 3.24. The molecule has 0 spiro atoms. The van der Waals surface area contributed by atoms with Crippen molar-refractivity contribution >= 4 is 23.1 Å². The van der Waals surface area contributed by atoms with Gasteiger partial charge in [0.25, 0.3) is 0 Å². The summed E-state index contributed by atoms with van der Waals surface area (Å²) in [6, 6.07) is 2.73. The van der Waals surface area contributed by atoms with Crippen molar-refractivity contribution in [1.82, 2.24) is 0 Å². The van der Waals surface area contributed by atoms with E-state index in [4.69, 9.17) is 10.8 Å². The van der Waals surface area contributed by atoms with Gasteiger partial charge in [-0.2, -0.15) is 0 Å². The second-order valence-corrected chi connectivity index (χ2v) is 4.19. The number of aliphatic carboxylic acids is 1. The standard InChI is InChI=1S/C10H13NO3S/c11-7(10(13)14)3-1-4-8(12)9-5-2-6-15-9/h2,5-7H,1,3-4,11H2,(H,13,14)/t7-/m1/s1. The van der Waals surface area contributed by atoms with Crippen molar-refractivity contribution in [3.8, 4) is 0 Å². The van der Waals surface area contributed by atoms with Gasteiger partial charge in [-0.1, -0.05) is 6.07 Å². The maximum absolute atomic E-state index is 11.5. The molecule has 4 nitrogen and oxygen atoms in total. The van der Waals surface area contributed by atoms with Crippen molar-refractivity contribution in [1.29, 1.82) is 0 Å². The molecule has 1 aromatic heterocycles. The molecule has 1 aromatic rings. The molecule has 0 saturated heterocycles. The largest absolute Gasteiger partial charge is 0.480 e. The van der Waals surface area contributed by atoms with Crippen LogP contribution in [0, 0.1) is 0 Å². The van der Waals surface area contributed by atoms with Crippen molar-refractivity contribution in [3.63, 3.8) is 0 Å². The summed E-state index contributed by atoms with van der Waals surface area (Å²) in [6.45, 7) is 0. The summed E-state index contributed by atoms with van der Waals surface area (Å²) in [7, 11) is 0. The Morgan fingerprint density at radius 1 is 1.53 bits per heavy atom. The third-order valence-corrected chi connectivity index (χ3v) is 2.94. The van der Waals surface area contributed by atoms with Gasteiger partial charge in [0.15, 0.2) is 5.78 Å². The van der Waals surface area contributed by atoms with Crippen molar-refractivity contribution in [3.05, 3.63) is 22.4 Å². The van der Waals surface area contributed by atoms with Gasteiger partial charge in [0.1, 0.15) is 6.04 Å². The summed E-state index contributed by atoms with van der Waals surface area (Å²) in [5.74, 6) is -0.957. The van der Waals surface area contributed by atoms with Crippen LogP contribution in [0.3, 0.4) is 0 Å². The first-order valence-electron chi connectivity index (χ1n) is 4.66. The van der Waals surface area contributed by atoms with E-state index in [1.807, 2.05) is 11.4 Å². The fraction of sp³-hybridized carbons (Fsp3) is 0.400. The van der Waals surface area contributed by atoms with Gasteiger partial charge in [-0.25, -0.2) is 0 Å². The van der Waals surface area contributed by atoms with Crippen LogP contribution in [0.5, 0.6) is 0 Å². The van der Waals surface area contributed by atoms with Crippen LogP contribution < -0.4 is 5.73 Å². The number of carboxylic acid groups (broad SMARTS) is 1. The first kappa shape index (κ1) is 11.9. The monoisotopic (exact) mass is 227 g/mol. The van der Waals surface area contributed by atoms with E-state index in [1.54, 1.807) is 6.07 Å². The molecule has 3 N–H and O–H groups in total. The number of carbonyl (C=O) groups excluding carboxylic acids is 1. The van der Waals surface area contributed by atoms with Crippen molar-refractivity contribution in [2.75, 3.05) is 0 Å². The fourth-order valence-corrected chi connectivity index (χ4v) is 1.86. The number of rotatable bonds is 6. The Kier molecular flexibility index (Phi) is 4.45. The molecule has 0 aromatic carbocycles. The van der Waals surface area contributed by atoms with E-state index >= 15 is 0 Å². The van der Waals surface area contributed by atoms with E-state index in [1.165, 1.54) is 11.3 Å². The molecule has 0 saturated carbocycles. The smallest absolute Gasteiger partial charge is 0.320 e. The first-order chi connectivity index (χ1) is 7.11. The van der Waals surface area contributed by atoms with E-state index in [0.717, 1.165) is 4.88 Å². The Labute approximate surface area is 91.7 Å². The number of carboxylic acids is 1. The highest BCUT2D eigenvalue weighted by Crippen LogP contribution is 2.13. The molecule has 5 heteroatoms. The lowest BCUT2D eigenvalue weighted by Gasteiger charge is -2.04. The highest BCUT2D eigenvalue weighted by atomic mass is 32.1. The van der Waals surface area contributed by atoms with E-state index in [2.05, 4.69) is 0 Å². The minimum absolute atomic E-state index is 0.0580. The molecular weight excluding hydrogens is 214 g/mol. The maximum Gasteiger partial charge on any atom is 0.320 e. The lowest BCUT2D eigenvalue weighted by molar-refractivity contribution is -0.138. The molecule has 1 atom stereocenters. The van der Waals surface area contributed by atoms with Crippen molar-refractivity contribution in [2.45, 2.75) is 25.3 Å². The molecule has 0 radical (unpaired) electrons. The maximum atomic E-state index is 11.5. The molecule has 82 valence electrons. The number of thiophene rings is 1. The summed E-state index contributed by atoms with van der Waals surface area (Å²) in [6.07, 6.45) is 1.22. The molecule has 15 heavy (non-hydrogen) atoms. The third kappa shape index (κ3) is 3.81. The van der Waals surface area contributed by atoms with Crippen LogP contribution in [0.4, 0.5) is 0 Å². The van der Waals surface area contributed by atoms with Crippen molar-refractivity contribution < 1.29 is 14.7 Å². The van der Waals surface area contributed by atoms with Gasteiger partial charge in [-0.15, -0.1) is 11.3 Å². The molecular formula is C10H13NO3S. The Balaban J connectivity index is 2.27. The van der Waals surface area contributed by atoms with Crippen LogP contribution in [-0.4, -0.2) is 22.9 Å². The number of nitrogens with two attached hydrogens (primary N) is 1. The lowest BCUT2D eigenvalue weighted by atomic mass is 10.1. The molecule has 0 aliphatic rings. The predicted molar refractivity (Wildman–Crippen MR) is 58.1 cm³/mol. The zero-order valence-corrected chi connectivity index (χ0v) is 9.00. The van der Waals surface area contributed by atoms with Gasteiger partial charge in [-0.05, 0) is 24.3 Å². The Morgan fingerprint density at radius 2 is 2.27 bits per heavy atom. The third-order valence-electron chi connectivity index (χ3n) is 2.03. The number of carbonyl (C=O) groups is 2. The molecule has 1 heterocycles. The number of hydrogen-bond acceptors (Lipinski definition) is 4.